The third kappa shape index (κ3) is 12.6. The van der Waals surface area contributed by atoms with Gasteiger partial charge in [0.2, 0.25) is 5.91 Å². The minimum Gasteiger partial charge on any atom is -0.382 e. The number of ether oxygens (including phenoxy) is 2. The number of hydrogen-bond donors (Lipinski definition) is 3. The first-order valence-corrected chi connectivity index (χ1v) is 8.20. The topological polar surface area (TPSA) is 84.0 Å². The van der Waals surface area contributed by atoms with Gasteiger partial charge in [-0.15, -0.1) is 24.0 Å². The van der Waals surface area contributed by atoms with E-state index in [0.29, 0.717) is 25.8 Å². The van der Waals surface area contributed by atoms with E-state index >= 15 is 0 Å². The van der Waals surface area contributed by atoms with Crippen molar-refractivity contribution in [1.29, 1.82) is 0 Å². The standard InChI is InChI=1S/C17H28N4O3.HI/c1-3-18-17(19-10-7-11-24-13-12-23-2)20-14-16(22)21-15-8-5-4-6-9-15;/h4-6,8-9H,3,7,10-14H2,1-2H3,(H,21,22)(H2,18,19,20);1H. The molecule has 0 unspecified atom stereocenters. The highest BCUT2D eigenvalue weighted by molar-refractivity contribution is 14.0. The van der Waals surface area contributed by atoms with Crippen LogP contribution >= 0.6 is 24.0 Å². The Hall–Kier alpha value is -1.39. The molecule has 142 valence electrons. The number of amides is 1. The molecule has 1 aromatic rings. The van der Waals surface area contributed by atoms with E-state index in [0.717, 1.165) is 25.2 Å². The number of hydrogen-bond acceptors (Lipinski definition) is 4. The van der Waals surface area contributed by atoms with E-state index in [1.807, 2.05) is 37.3 Å². The Morgan fingerprint density at radius 3 is 2.56 bits per heavy atom. The van der Waals surface area contributed by atoms with E-state index < -0.39 is 0 Å². The summed E-state index contributed by atoms with van der Waals surface area (Å²) in [5.74, 6) is 0.471. The number of benzene rings is 1. The molecule has 8 heteroatoms. The van der Waals surface area contributed by atoms with Crippen LogP contribution in [0.1, 0.15) is 13.3 Å². The predicted octanol–water partition coefficient (Wildman–Crippen LogP) is 1.85. The Morgan fingerprint density at radius 1 is 1.12 bits per heavy atom. The molecular weight excluding hydrogens is 435 g/mol. The number of rotatable bonds is 11. The molecule has 0 saturated carbocycles. The van der Waals surface area contributed by atoms with E-state index in [9.17, 15) is 4.79 Å². The molecule has 0 aliphatic carbocycles. The number of methoxy groups -OCH3 is 1. The molecule has 0 saturated heterocycles. The molecule has 0 atom stereocenters. The van der Waals surface area contributed by atoms with Crippen molar-refractivity contribution in [2.75, 3.05) is 51.9 Å². The van der Waals surface area contributed by atoms with Gasteiger partial charge in [-0.2, -0.15) is 0 Å². The molecule has 0 aromatic heterocycles. The summed E-state index contributed by atoms with van der Waals surface area (Å²) >= 11 is 0. The Kier molecular flexibility index (Phi) is 15.2. The molecule has 0 fully saturated rings. The molecule has 0 radical (unpaired) electrons. The Morgan fingerprint density at radius 2 is 1.88 bits per heavy atom. The van der Waals surface area contributed by atoms with Crippen LogP contribution in [0.15, 0.2) is 35.3 Å². The molecule has 0 heterocycles. The number of carbonyl (C=O) groups is 1. The molecule has 25 heavy (non-hydrogen) atoms. The van der Waals surface area contributed by atoms with E-state index in [2.05, 4.69) is 20.9 Å². The van der Waals surface area contributed by atoms with Gasteiger partial charge in [0.15, 0.2) is 5.96 Å². The third-order valence-electron chi connectivity index (χ3n) is 2.97. The van der Waals surface area contributed by atoms with Crippen molar-refractivity contribution >= 4 is 41.5 Å². The number of halogens is 1. The van der Waals surface area contributed by atoms with Gasteiger partial charge >= 0.3 is 0 Å². The fourth-order valence-corrected chi connectivity index (χ4v) is 1.84. The Bertz CT molecular complexity index is 486. The lowest BCUT2D eigenvalue weighted by molar-refractivity contribution is -0.114. The van der Waals surface area contributed by atoms with Crippen molar-refractivity contribution < 1.29 is 14.3 Å². The fraction of sp³-hybridized carbons (Fsp3) is 0.529. The zero-order valence-corrected chi connectivity index (χ0v) is 17.2. The molecule has 7 nitrogen and oxygen atoms in total. The van der Waals surface area contributed by atoms with Gasteiger partial charge in [-0.3, -0.25) is 4.79 Å². The highest BCUT2D eigenvalue weighted by atomic mass is 127. The first-order chi connectivity index (χ1) is 11.8. The number of aliphatic imine (C=N–C) groups is 1. The van der Waals surface area contributed by atoms with Gasteiger partial charge in [0.05, 0.1) is 13.2 Å². The van der Waals surface area contributed by atoms with Gasteiger partial charge in [-0.1, -0.05) is 18.2 Å². The minimum absolute atomic E-state index is 0. The van der Waals surface area contributed by atoms with Gasteiger partial charge < -0.3 is 25.4 Å². The van der Waals surface area contributed by atoms with Gasteiger partial charge in [0.1, 0.15) is 6.54 Å². The van der Waals surface area contributed by atoms with Crippen molar-refractivity contribution in [2.24, 2.45) is 4.99 Å². The zero-order valence-electron chi connectivity index (χ0n) is 14.9. The van der Waals surface area contributed by atoms with Crippen LogP contribution in [0.25, 0.3) is 0 Å². The largest absolute Gasteiger partial charge is 0.382 e. The second kappa shape index (κ2) is 16.1. The Balaban J connectivity index is 0.00000576. The number of nitrogens with one attached hydrogen (secondary N) is 3. The number of para-hydroxylation sites is 1. The number of nitrogens with zero attached hydrogens (tertiary/aromatic N) is 1. The highest BCUT2D eigenvalue weighted by Crippen LogP contribution is 2.04. The van der Waals surface area contributed by atoms with Crippen LogP contribution in [-0.2, 0) is 14.3 Å². The molecule has 0 spiro atoms. The van der Waals surface area contributed by atoms with E-state index in [1.165, 1.54) is 0 Å². The van der Waals surface area contributed by atoms with Crippen molar-refractivity contribution in [3.8, 4) is 0 Å². The van der Waals surface area contributed by atoms with Crippen LogP contribution in [0.4, 0.5) is 5.69 Å². The molecule has 3 N–H and O–H groups in total. The van der Waals surface area contributed by atoms with Crippen LogP contribution in [0.3, 0.4) is 0 Å². The maximum absolute atomic E-state index is 11.9. The summed E-state index contributed by atoms with van der Waals surface area (Å²) in [4.78, 5) is 16.2. The van der Waals surface area contributed by atoms with E-state index in [-0.39, 0.29) is 36.4 Å². The molecular formula is C17H29IN4O3. The predicted molar refractivity (Wildman–Crippen MR) is 112 cm³/mol. The van der Waals surface area contributed by atoms with Crippen LogP contribution in [0, 0.1) is 0 Å². The summed E-state index contributed by atoms with van der Waals surface area (Å²) in [7, 11) is 1.65. The molecule has 0 bridgehead atoms. The average Bonchev–Trinajstić information content (AvgIpc) is 2.59. The highest BCUT2D eigenvalue weighted by Gasteiger charge is 2.02. The van der Waals surface area contributed by atoms with Crippen LogP contribution < -0.4 is 16.0 Å². The average molecular weight is 464 g/mol. The first kappa shape index (κ1) is 23.6. The van der Waals surface area contributed by atoms with Crippen molar-refractivity contribution in [3.05, 3.63) is 30.3 Å². The summed E-state index contributed by atoms with van der Waals surface area (Å²) in [5, 5.41) is 9.09. The summed E-state index contributed by atoms with van der Waals surface area (Å²) in [6.45, 7) is 5.36. The van der Waals surface area contributed by atoms with Gasteiger partial charge in [-0.25, -0.2) is 4.99 Å². The first-order valence-electron chi connectivity index (χ1n) is 8.20. The summed E-state index contributed by atoms with van der Waals surface area (Å²) in [6.07, 6.45) is 0.852. The van der Waals surface area contributed by atoms with Gasteiger partial charge in [0, 0.05) is 32.5 Å². The van der Waals surface area contributed by atoms with Crippen molar-refractivity contribution in [1.82, 2.24) is 10.6 Å². The van der Waals surface area contributed by atoms with Gasteiger partial charge in [0.25, 0.3) is 0 Å². The summed E-state index contributed by atoms with van der Waals surface area (Å²) in [6, 6.07) is 9.34. The minimum atomic E-state index is -0.152. The Labute approximate surface area is 167 Å². The molecule has 1 aromatic carbocycles. The molecule has 1 amide bonds. The second-order valence-electron chi connectivity index (χ2n) is 4.99. The lowest BCUT2D eigenvalue weighted by Gasteiger charge is -2.11. The lowest BCUT2D eigenvalue weighted by Crippen LogP contribution is -2.38. The number of guanidine groups is 1. The summed E-state index contributed by atoms with van der Waals surface area (Å²) in [5.41, 5.74) is 0.767. The fourth-order valence-electron chi connectivity index (χ4n) is 1.84. The monoisotopic (exact) mass is 464 g/mol. The maximum atomic E-state index is 11.9. The van der Waals surface area contributed by atoms with Gasteiger partial charge in [-0.05, 0) is 25.5 Å². The van der Waals surface area contributed by atoms with E-state index in [1.54, 1.807) is 7.11 Å². The number of carbonyl (C=O) groups excluding carboxylic acids is 1. The second-order valence-corrected chi connectivity index (χ2v) is 4.99. The molecule has 0 aliphatic rings. The SMILES string of the molecule is CCNC(=NCC(=O)Nc1ccccc1)NCCCOCCOC.I. The number of anilines is 1. The normalized spacial score (nSPS) is 10.7. The van der Waals surface area contributed by atoms with E-state index in [4.69, 9.17) is 9.47 Å². The van der Waals surface area contributed by atoms with Crippen LogP contribution in [0.2, 0.25) is 0 Å². The van der Waals surface area contributed by atoms with Crippen LogP contribution in [0.5, 0.6) is 0 Å². The zero-order chi connectivity index (χ0) is 17.5. The third-order valence-corrected chi connectivity index (χ3v) is 2.97. The van der Waals surface area contributed by atoms with Crippen molar-refractivity contribution in [3.63, 3.8) is 0 Å². The molecule has 1 rings (SSSR count). The molecule has 0 aliphatic heterocycles. The summed E-state index contributed by atoms with van der Waals surface area (Å²) < 4.78 is 10.3. The lowest BCUT2D eigenvalue weighted by atomic mass is 10.3. The maximum Gasteiger partial charge on any atom is 0.246 e. The smallest absolute Gasteiger partial charge is 0.246 e. The quantitative estimate of drug-likeness (QED) is 0.202. The van der Waals surface area contributed by atoms with Crippen LogP contribution in [-0.4, -0.2) is 58.4 Å². The van der Waals surface area contributed by atoms with Crippen molar-refractivity contribution in [2.45, 2.75) is 13.3 Å².